The molecule has 2 aromatic carbocycles. The van der Waals surface area contributed by atoms with Gasteiger partial charge in [0.15, 0.2) is 0 Å². The Bertz CT molecular complexity index is 922. The van der Waals surface area contributed by atoms with Crippen molar-refractivity contribution in [2.24, 2.45) is 0 Å². The summed E-state index contributed by atoms with van der Waals surface area (Å²) in [6.07, 6.45) is 0.253. The second-order valence-corrected chi connectivity index (χ2v) is 7.96. The zero-order valence-electron chi connectivity index (χ0n) is 16.2. The smallest absolute Gasteiger partial charge is 0.251 e. The average Bonchev–Trinajstić information content (AvgIpc) is 2.99. The number of anilines is 2. The maximum atomic E-state index is 13.1. The maximum Gasteiger partial charge on any atom is 0.251 e. The molecule has 2 fully saturated rings. The van der Waals surface area contributed by atoms with Crippen LogP contribution in [0.25, 0.3) is 0 Å². The normalized spacial score (nSPS) is 20.9. The molecule has 4 rings (SSSR count). The largest absolute Gasteiger partial charge is 0.369 e. The number of imide groups is 1. The minimum atomic E-state index is -0.366. The summed E-state index contributed by atoms with van der Waals surface area (Å²) in [5, 5.41) is 0.730. The second-order valence-electron chi connectivity index (χ2n) is 7.53. The summed E-state index contributed by atoms with van der Waals surface area (Å²) in [6.45, 7) is 7.12. The number of piperazine rings is 1. The van der Waals surface area contributed by atoms with Crippen LogP contribution >= 0.6 is 11.6 Å². The van der Waals surface area contributed by atoms with Gasteiger partial charge in [-0.3, -0.25) is 14.5 Å². The molecule has 0 aliphatic carbocycles. The third-order valence-corrected chi connectivity index (χ3v) is 5.98. The molecule has 2 heterocycles. The highest BCUT2D eigenvalue weighted by molar-refractivity contribution is 6.30. The van der Waals surface area contributed by atoms with Crippen LogP contribution in [0.2, 0.25) is 5.02 Å². The number of rotatable bonds is 3. The highest BCUT2D eigenvalue weighted by atomic mass is 35.5. The molecule has 28 heavy (non-hydrogen) atoms. The lowest BCUT2D eigenvalue weighted by Crippen LogP contribution is -2.52. The Morgan fingerprint density at radius 1 is 0.893 bits per heavy atom. The van der Waals surface area contributed by atoms with E-state index in [0.29, 0.717) is 5.69 Å². The molecule has 0 radical (unpaired) electrons. The van der Waals surface area contributed by atoms with Crippen molar-refractivity contribution in [2.75, 3.05) is 36.0 Å². The predicted octanol–water partition coefficient (Wildman–Crippen LogP) is 3.41. The molecular weight excluding hydrogens is 374 g/mol. The van der Waals surface area contributed by atoms with Crippen LogP contribution in [0.1, 0.15) is 17.5 Å². The summed E-state index contributed by atoms with van der Waals surface area (Å²) in [7, 11) is 0. The Labute approximate surface area is 170 Å². The first kappa shape index (κ1) is 19.0. The molecular formula is C22H24ClN3O2. The topological polar surface area (TPSA) is 43.9 Å². The van der Waals surface area contributed by atoms with Crippen LogP contribution in [-0.4, -0.2) is 48.9 Å². The van der Waals surface area contributed by atoms with E-state index in [0.717, 1.165) is 42.5 Å². The summed E-state index contributed by atoms with van der Waals surface area (Å²) in [6, 6.07) is 13.1. The Morgan fingerprint density at radius 2 is 1.57 bits per heavy atom. The van der Waals surface area contributed by atoms with Gasteiger partial charge in [0.2, 0.25) is 5.91 Å². The van der Waals surface area contributed by atoms with Crippen LogP contribution in [0.3, 0.4) is 0 Å². The van der Waals surface area contributed by atoms with Gasteiger partial charge in [-0.25, -0.2) is 4.90 Å². The zero-order valence-corrected chi connectivity index (χ0v) is 16.9. The SMILES string of the molecule is Cc1ccc(Cl)cc1N1CCN([C@@H]2CC(=O)N(c3ccccc3C)C2=O)CC1. The third-order valence-electron chi connectivity index (χ3n) is 5.75. The number of hydrogen-bond acceptors (Lipinski definition) is 4. The molecule has 5 nitrogen and oxygen atoms in total. The lowest BCUT2D eigenvalue weighted by molar-refractivity contribution is -0.123. The van der Waals surface area contributed by atoms with E-state index in [4.69, 9.17) is 11.6 Å². The van der Waals surface area contributed by atoms with Crippen molar-refractivity contribution in [2.45, 2.75) is 26.3 Å². The fourth-order valence-corrected chi connectivity index (χ4v) is 4.33. The van der Waals surface area contributed by atoms with Crippen molar-refractivity contribution >= 4 is 34.8 Å². The molecule has 0 saturated carbocycles. The van der Waals surface area contributed by atoms with E-state index in [1.807, 2.05) is 49.4 Å². The molecule has 2 amide bonds. The zero-order chi connectivity index (χ0) is 19.8. The molecule has 0 N–H and O–H groups in total. The van der Waals surface area contributed by atoms with E-state index < -0.39 is 0 Å². The number of hydrogen-bond donors (Lipinski definition) is 0. The number of nitrogens with zero attached hydrogens (tertiary/aromatic N) is 3. The van der Waals surface area contributed by atoms with Gasteiger partial charge in [-0.1, -0.05) is 35.9 Å². The Hall–Kier alpha value is -2.37. The summed E-state index contributed by atoms with van der Waals surface area (Å²) in [4.78, 5) is 31.5. The monoisotopic (exact) mass is 397 g/mol. The Balaban J connectivity index is 1.47. The van der Waals surface area contributed by atoms with Crippen molar-refractivity contribution in [1.82, 2.24) is 4.90 Å². The number of para-hydroxylation sites is 1. The molecule has 2 aliphatic heterocycles. The number of carbonyl (C=O) groups is 2. The quantitative estimate of drug-likeness (QED) is 0.744. The number of aryl methyl sites for hydroxylation is 2. The summed E-state index contributed by atoms with van der Waals surface area (Å²) >= 11 is 6.17. The molecule has 6 heteroatoms. The maximum absolute atomic E-state index is 13.1. The molecule has 2 aliphatic rings. The molecule has 0 unspecified atom stereocenters. The molecule has 0 bridgehead atoms. The van der Waals surface area contributed by atoms with Crippen molar-refractivity contribution in [3.05, 3.63) is 58.6 Å². The fourth-order valence-electron chi connectivity index (χ4n) is 4.17. The van der Waals surface area contributed by atoms with Crippen LogP contribution in [0.4, 0.5) is 11.4 Å². The molecule has 1 atom stereocenters. The van der Waals surface area contributed by atoms with E-state index in [-0.39, 0.29) is 24.3 Å². The van der Waals surface area contributed by atoms with Crippen molar-refractivity contribution in [3.63, 3.8) is 0 Å². The van der Waals surface area contributed by atoms with E-state index in [2.05, 4.69) is 16.7 Å². The summed E-state index contributed by atoms with van der Waals surface area (Å²) < 4.78 is 0. The van der Waals surface area contributed by atoms with Crippen LogP contribution in [-0.2, 0) is 9.59 Å². The highest BCUT2D eigenvalue weighted by Gasteiger charge is 2.43. The minimum Gasteiger partial charge on any atom is -0.369 e. The van der Waals surface area contributed by atoms with Crippen LogP contribution in [0, 0.1) is 13.8 Å². The number of carbonyl (C=O) groups excluding carboxylic acids is 2. The number of halogens is 1. The van der Waals surface area contributed by atoms with Crippen LogP contribution in [0.5, 0.6) is 0 Å². The summed E-state index contributed by atoms with van der Waals surface area (Å²) in [5.74, 6) is -0.218. The molecule has 2 aromatic rings. The first-order chi connectivity index (χ1) is 13.5. The summed E-state index contributed by atoms with van der Waals surface area (Å²) in [5.41, 5.74) is 3.97. The predicted molar refractivity (Wildman–Crippen MR) is 112 cm³/mol. The van der Waals surface area contributed by atoms with Gasteiger partial charge in [0, 0.05) is 36.9 Å². The van der Waals surface area contributed by atoms with Gasteiger partial charge >= 0.3 is 0 Å². The second kappa shape index (κ2) is 7.57. The van der Waals surface area contributed by atoms with Crippen LogP contribution in [0.15, 0.2) is 42.5 Å². The first-order valence-electron chi connectivity index (χ1n) is 9.63. The van der Waals surface area contributed by atoms with Gasteiger partial charge in [0.05, 0.1) is 18.2 Å². The lowest BCUT2D eigenvalue weighted by Gasteiger charge is -2.38. The molecule has 0 spiro atoms. The van der Waals surface area contributed by atoms with Gasteiger partial charge in [0.1, 0.15) is 0 Å². The number of benzene rings is 2. The van der Waals surface area contributed by atoms with Gasteiger partial charge in [-0.05, 0) is 43.2 Å². The van der Waals surface area contributed by atoms with E-state index >= 15 is 0 Å². The van der Waals surface area contributed by atoms with E-state index in [1.54, 1.807) is 0 Å². The van der Waals surface area contributed by atoms with E-state index in [9.17, 15) is 9.59 Å². The van der Waals surface area contributed by atoms with Gasteiger partial charge in [-0.15, -0.1) is 0 Å². The fraction of sp³-hybridized carbons (Fsp3) is 0.364. The van der Waals surface area contributed by atoms with Gasteiger partial charge in [-0.2, -0.15) is 0 Å². The standard InChI is InChI=1S/C22H24ClN3O2/c1-15-5-3-4-6-18(15)26-21(27)14-20(22(26)28)25-11-9-24(10-12-25)19-13-17(23)8-7-16(19)2/h3-8,13,20H,9-12,14H2,1-2H3/t20-/m1/s1. The van der Waals surface area contributed by atoms with Crippen molar-refractivity contribution in [3.8, 4) is 0 Å². The van der Waals surface area contributed by atoms with E-state index in [1.165, 1.54) is 10.5 Å². The Kier molecular flexibility index (Phi) is 5.13. The molecule has 2 saturated heterocycles. The lowest BCUT2D eigenvalue weighted by atomic mass is 10.1. The number of amides is 2. The first-order valence-corrected chi connectivity index (χ1v) is 10.0. The molecule has 146 valence electrons. The van der Waals surface area contributed by atoms with Gasteiger partial charge < -0.3 is 4.90 Å². The van der Waals surface area contributed by atoms with Crippen LogP contribution < -0.4 is 9.80 Å². The van der Waals surface area contributed by atoms with Crippen molar-refractivity contribution in [1.29, 1.82) is 0 Å². The Morgan fingerprint density at radius 3 is 2.29 bits per heavy atom. The van der Waals surface area contributed by atoms with Gasteiger partial charge in [0.25, 0.3) is 5.91 Å². The third kappa shape index (κ3) is 3.40. The average molecular weight is 398 g/mol. The minimum absolute atomic E-state index is 0.105. The molecule has 0 aromatic heterocycles. The highest BCUT2D eigenvalue weighted by Crippen LogP contribution is 2.30. The van der Waals surface area contributed by atoms with Crippen molar-refractivity contribution < 1.29 is 9.59 Å².